The Morgan fingerprint density at radius 3 is 2.09 bits per heavy atom. The first-order chi connectivity index (χ1) is 16.9. The van der Waals surface area contributed by atoms with Crippen LogP contribution in [0.4, 0.5) is 5.69 Å². The molecule has 1 heterocycles. The summed E-state index contributed by atoms with van der Waals surface area (Å²) in [4.78, 5) is 33.3. The monoisotopic (exact) mass is 474 g/mol. The minimum Gasteiger partial charge on any atom is -0.473 e. The summed E-state index contributed by atoms with van der Waals surface area (Å²) < 4.78 is 0. The smallest absolute Gasteiger partial charge is 0.414 e. The van der Waals surface area contributed by atoms with E-state index in [1.54, 1.807) is 0 Å². The third-order valence-electron chi connectivity index (χ3n) is 5.90. The molecule has 0 saturated heterocycles. The molecule has 0 radical (unpaired) electrons. The highest BCUT2D eigenvalue weighted by molar-refractivity contribution is 6.27. The van der Waals surface area contributed by atoms with Crippen LogP contribution in [0, 0.1) is 5.92 Å². The average molecular weight is 475 g/mol. The number of hydrogen-bond acceptors (Lipinski definition) is 4. The summed E-state index contributed by atoms with van der Waals surface area (Å²) >= 11 is 0. The second-order valence-electron chi connectivity index (χ2n) is 8.43. The number of nitrogens with one attached hydrogen (secondary N) is 1. The zero-order chi connectivity index (χ0) is 25.2. The summed E-state index contributed by atoms with van der Waals surface area (Å²) in [6, 6.07) is 27.3. The number of carboxylic acids is 2. The Balaban J connectivity index is 0.000000509. The number of rotatable bonds is 6. The number of nitrogens with zero attached hydrogens (tertiary/aromatic N) is 1. The summed E-state index contributed by atoms with van der Waals surface area (Å²) in [5.74, 6) is -2.97. The van der Waals surface area contributed by atoms with Crippen molar-refractivity contribution in [3.05, 3.63) is 90.0 Å². The molecule has 182 valence electrons. The van der Waals surface area contributed by atoms with Gasteiger partial charge in [-0.2, -0.15) is 0 Å². The van der Waals surface area contributed by atoms with E-state index in [9.17, 15) is 4.79 Å². The summed E-state index contributed by atoms with van der Waals surface area (Å²) in [6.07, 6.45) is 2.33. The number of carboxylic acid groups (broad SMARTS) is 2. The van der Waals surface area contributed by atoms with Crippen molar-refractivity contribution in [1.29, 1.82) is 0 Å². The van der Waals surface area contributed by atoms with E-state index in [1.807, 2.05) is 24.1 Å². The van der Waals surface area contributed by atoms with Gasteiger partial charge >= 0.3 is 11.9 Å². The van der Waals surface area contributed by atoms with Crippen LogP contribution in [0.3, 0.4) is 0 Å². The number of carbonyl (C=O) groups is 3. The van der Waals surface area contributed by atoms with Crippen molar-refractivity contribution in [2.24, 2.45) is 5.92 Å². The van der Waals surface area contributed by atoms with Crippen molar-refractivity contribution in [1.82, 2.24) is 5.32 Å². The number of hydrogen-bond donors (Lipinski definition) is 3. The lowest BCUT2D eigenvalue weighted by molar-refractivity contribution is -0.159. The van der Waals surface area contributed by atoms with E-state index < -0.39 is 11.9 Å². The molecule has 7 nitrogen and oxygen atoms in total. The van der Waals surface area contributed by atoms with Gasteiger partial charge < -0.3 is 20.4 Å². The Labute approximate surface area is 205 Å². The molecule has 4 rings (SSSR count). The normalized spacial score (nSPS) is 14.3. The first kappa shape index (κ1) is 25.6. The molecule has 0 spiro atoms. The molecular weight excluding hydrogens is 444 g/mol. The predicted octanol–water partition coefficient (Wildman–Crippen LogP) is 3.87. The van der Waals surface area contributed by atoms with Gasteiger partial charge in [0.1, 0.15) is 0 Å². The van der Waals surface area contributed by atoms with Crippen LogP contribution < -0.4 is 10.2 Å². The fraction of sp³-hybridized carbons (Fsp3) is 0.250. The third kappa shape index (κ3) is 7.25. The van der Waals surface area contributed by atoms with E-state index >= 15 is 0 Å². The van der Waals surface area contributed by atoms with Gasteiger partial charge in [-0.15, -0.1) is 0 Å². The maximum Gasteiger partial charge on any atom is 0.414 e. The van der Waals surface area contributed by atoms with E-state index in [4.69, 9.17) is 19.8 Å². The van der Waals surface area contributed by atoms with Gasteiger partial charge in [-0.05, 0) is 60.7 Å². The molecule has 1 aliphatic rings. The molecule has 35 heavy (non-hydrogen) atoms. The lowest BCUT2D eigenvalue weighted by atomic mass is 9.92. The Morgan fingerprint density at radius 1 is 0.857 bits per heavy atom. The van der Waals surface area contributed by atoms with Crippen molar-refractivity contribution in [3.63, 3.8) is 0 Å². The van der Waals surface area contributed by atoms with E-state index in [0.717, 1.165) is 31.6 Å². The number of carbonyl (C=O) groups excluding carboxylic acids is 1. The van der Waals surface area contributed by atoms with Crippen LogP contribution in [0.5, 0.6) is 0 Å². The average Bonchev–Trinajstić information content (AvgIpc) is 2.88. The Hall–Kier alpha value is -3.97. The molecule has 1 unspecified atom stereocenters. The SMILES string of the molecule is CNCC1Cc2ccccc2N(C(=O)CCc2ccc(-c3ccccc3)cc2)C1.O=C(O)C(=O)O. The van der Waals surface area contributed by atoms with Crippen LogP contribution in [-0.2, 0) is 27.2 Å². The number of aliphatic carboxylic acids is 2. The number of fused-ring (bicyclic) bond motifs is 1. The van der Waals surface area contributed by atoms with Crippen molar-refractivity contribution >= 4 is 23.5 Å². The molecule has 0 bridgehead atoms. The molecule has 1 aliphatic heterocycles. The van der Waals surface area contributed by atoms with Gasteiger partial charge in [-0.1, -0.05) is 72.8 Å². The van der Waals surface area contributed by atoms with Crippen LogP contribution >= 0.6 is 0 Å². The van der Waals surface area contributed by atoms with Crippen LogP contribution in [0.25, 0.3) is 11.1 Å². The fourth-order valence-electron chi connectivity index (χ4n) is 4.22. The topological polar surface area (TPSA) is 107 Å². The molecule has 3 N–H and O–H groups in total. The number of para-hydroxylation sites is 1. The molecule has 1 atom stereocenters. The first-order valence-electron chi connectivity index (χ1n) is 11.5. The van der Waals surface area contributed by atoms with Gasteiger partial charge in [-0.25, -0.2) is 9.59 Å². The maximum atomic E-state index is 13.1. The van der Waals surface area contributed by atoms with Crippen molar-refractivity contribution < 1.29 is 24.6 Å². The minimum absolute atomic E-state index is 0.213. The third-order valence-corrected chi connectivity index (χ3v) is 5.90. The quantitative estimate of drug-likeness (QED) is 0.468. The number of amides is 1. The van der Waals surface area contributed by atoms with E-state index in [2.05, 4.69) is 72.0 Å². The highest BCUT2D eigenvalue weighted by Gasteiger charge is 2.27. The standard InChI is InChI=1S/C26H28N2O.C2H2O4/c1-27-18-21-17-24-9-5-6-10-25(24)28(19-21)26(29)16-13-20-11-14-23(15-12-20)22-7-3-2-4-8-22;3-1(4)2(5)6/h2-12,14-15,21,27H,13,16-19H2,1H3;(H,3,4)(H,5,6). The minimum atomic E-state index is -1.82. The molecule has 3 aromatic rings. The zero-order valence-electron chi connectivity index (χ0n) is 19.7. The molecule has 7 heteroatoms. The lowest BCUT2D eigenvalue weighted by Crippen LogP contribution is -2.42. The van der Waals surface area contributed by atoms with Crippen molar-refractivity contribution in [2.75, 3.05) is 25.0 Å². The Morgan fingerprint density at radius 2 is 1.46 bits per heavy atom. The Bertz CT molecular complexity index is 1130. The molecule has 0 aromatic heterocycles. The van der Waals surface area contributed by atoms with Crippen molar-refractivity contribution in [3.8, 4) is 11.1 Å². The van der Waals surface area contributed by atoms with Gasteiger partial charge in [0.2, 0.25) is 5.91 Å². The molecule has 0 fully saturated rings. The van der Waals surface area contributed by atoms with Crippen molar-refractivity contribution in [2.45, 2.75) is 19.3 Å². The highest BCUT2D eigenvalue weighted by atomic mass is 16.4. The van der Waals surface area contributed by atoms with Crippen LogP contribution in [0.2, 0.25) is 0 Å². The zero-order valence-corrected chi connectivity index (χ0v) is 19.7. The molecule has 0 saturated carbocycles. The maximum absolute atomic E-state index is 13.1. The fourth-order valence-corrected chi connectivity index (χ4v) is 4.22. The highest BCUT2D eigenvalue weighted by Crippen LogP contribution is 2.30. The predicted molar refractivity (Wildman–Crippen MR) is 135 cm³/mol. The van der Waals surface area contributed by atoms with E-state index in [0.29, 0.717) is 12.3 Å². The van der Waals surface area contributed by atoms with Gasteiger partial charge in [0, 0.05) is 18.7 Å². The second kappa shape index (κ2) is 12.5. The van der Waals surface area contributed by atoms with E-state index in [-0.39, 0.29) is 5.91 Å². The molecular formula is C28H30N2O5. The summed E-state index contributed by atoms with van der Waals surface area (Å²) in [6.45, 7) is 1.72. The van der Waals surface area contributed by atoms with Gasteiger partial charge in [-0.3, -0.25) is 4.79 Å². The molecule has 0 aliphatic carbocycles. The lowest BCUT2D eigenvalue weighted by Gasteiger charge is -2.34. The second-order valence-corrected chi connectivity index (χ2v) is 8.43. The number of anilines is 1. The molecule has 1 amide bonds. The summed E-state index contributed by atoms with van der Waals surface area (Å²) in [7, 11) is 1.98. The van der Waals surface area contributed by atoms with Crippen LogP contribution in [0.15, 0.2) is 78.9 Å². The largest absolute Gasteiger partial charge is 0.473 e. The number of benzene rings is 3. The summed E-state index contributed by atoms with van der Waals surface area (Å²) in [5, 5.41) is 18.0. The van der Waals surface area contributed by atoms with Gasteiger partial charge in [0.15, 0.2) is 0 Å². The summed E-state index contributed by atoms with van der Waals surface area (Å²) in [5.41, 5.74) is 6.00. The molecule has 3 aromatic carbocycles. The number of aryl methyl sites for hydroxylation is 1. The van der Waals surface area contributed by atoms with E-state index in [1.165, 1.54) is 22.3 Å². The first-order valence-corrected chi connectivity index (χ1v) is 11.5. The van der Waals surface area contributed by atoms with Gasteiger partial charge in [0.05, 0.1) is 0 Å². The Kier molecular flexibility index (Phi) is 9.15. The van der Waals surface area contributed by atoms with Gasteiger partial charge in [0.25, 0.3) is 0 Å². The van der Waals surface area contributed by atoms with Crippen LogP contribution in [0.1, 0.15) is 17.5 Å². The van der Waals surface area contributed by atoms with Crippen LogP contribution in [-0.4, -0.2) is 48.2 Å².